The Balaban J connectivity index is 2.30. The van der Waals surface area contributed by atoms with Gasteiger partial charge < -0.3 is 10.1 Å². The predicted molar refractivity (Wildman–Crippen MR) is 109 cm³/mol. The number of carbonyl (C=O) groups excluding carboxylic acids is 1. The van der Waals surface area contributed by atoms with Gasteiger partial charge in [0.05, 0.1) is 10.6 Å². The van der Waals surface area contributed by atoms with Crippen LogP contribution in [-0.2, 0) is 14.6 Å². The quantitative estimate of drug-likeness (QED) is 0.342. The molecule has 1 atom stereocenters. The molecule has 1 amide bonds. The first-order valence-electron chi connectivity index (χ1n) is 8.40. The molecular formula is C18H28INO4S. The number of hydrogen-bond acceptors (Lipinski definition) is 4. The van der Waals surface area contributed by atoms with Crippen molar-refractivity contribution in [3.05, 3.63) is 29.8 Å². The van der Waals surface area contributed by atoms with E-state index in [2.05, 4.69) is 27.9 Å². The van der Waals surface area contributed by atoms with Crippen molar-refractivity contribution in [2.75, 3.05) is 12.3 Å². The number of alkyl carbamates (subject to hydrolysis) is 1. The van der Waals surface area contributed by atoms with E-state index in [9.17, 15) is 13.2 Å². The number of halogens is 1. The monoisotopic (exact) mass is 481 g/mol. The molecule has 1 N–H and O–H groups in total. The summed E-state index contributed by atoms with van der Waals surface area (Å²) < 4.78 is 30.0. The molecule has 7 heteroatoms. The zero-order valence-electron chi connectivity index (χ0n) is 15.3. The minimum absolute atomic E-state index is 0.0467. The molecule has 142 valence electrons. The first-order valence-corrected chi connectivity index (χ1v) is 11.3. The van der Waals surface area contributed by atoms with E-state index in [1.165, 1.54) is 0 Å². The molecule has 0 aromatic heterocycles. The number of benzene rings is 1. The van der Waals surface area contributed by atoms with E-state index in [1.807, 2.05) is 39.8 Å². The van der Waals surface area contributed by atoms with Gasteiger partial charge in [0, 0.05) is 10.5 Å². The van der Waals surface area contributed by atoms with Crippen LogP contribution >= 0.6 is 22.6 Å². The maximum absolute atomic E-state index is 12.4. The molecule has 0 radical (unpaired) electrons. The summed E-state index contributed by atoms with van der Waals surface area (Å²) >= 11 is 2.19. The molecule has 0 aliphatic heterocycles. The zero-order valence-corrected chi connectivity index (χ0v) is 18.3. The van der Waals surface area contributed by atoms with Gasteiger partial charge in [0.15, 0.2) is 9.84 Å². The molecule has 0 fully saturated rings. The van der Waals surface area contributed by atoms with Crippen LogP contribution in [-0.4, -0.2) is 36.3 Å². The second kappa shape index (κ2) is 9.75. The van der Waals surface area contributed by atoms with Gasteiger partial charge in [0.25, 0.3) is 0 Å². The van der Waals surface area contributed by atoms with E-state index in [-0.39, 0.29) is 9.68 Å². The molecule has 0 heterocycles. The van der Waals surface area contributed by atoms with Crippen LogP contribution in [0.15, 0.2) is 29.2 Å². The summed E-state index contributed by atoms with van der Waals surface area (Å²) in [4.78, 5) is 11.9. The number of amides is 1. The second-order valence-electron chi connectivity index (χ2n) is 7.12. The number of nitrogens with one attached hydrogen (secondary N) is 1. The number of ether oxygens (including phenoxy) is 1. The number of alkyl halides is 1. The highest BCUT2D eigenvalue weighted by molar-refractivity contribution is 14.1. The van der Waals surface area contributed by atoms with Crippen LogP contribution in [0, 0.1) is 6.92 Å². The molecule has 1 unspecified atom stereocenters. The Hall–Kier alpha value is -0.830. The van der Waals surface area contributed by atoms with E-state index in [0.29, 0.717) is 11.4 Å². The van der Waals surface area contributed by atoms with Gasteiger partial charge in [-0.25, -0.2) is 13.2 Å². The average molecular weight is 481 g/mol. The Labute approximate surface area is 165 Å². The molecule has 1 rings (SSSR count). The summed E-state index contributed by atoms with van der Waals surface area (Å²) in [5, 5.41) is 2.71. The number of rotatable bonds is 8. The second-order valence-corrected chi connectivity index (χ2v) is 10.9. The summed E-state index contributed by atoms with van der Waals surface area (Å²) in [5.41, 5.74) is 0.546. The lowest BCUT2D eigenvalue weighted by molar-refractivity contribution is 0.0527. The molecule has 25 heavy (non-hydrogen) atoms. The zero-order chi connectivity index (χ0) is 19.1. The Morgan fingerprint density at radius 3 is 2.36 bits per heavy atom. The molecule has 0 aliphatic rings. The topological polar surface area (TPSA) is 72.5 Å². The van der Waals surface area contributed by atoms with E-state index >= 15 is 0 Å². The summed E-state index contributed by atoms with van der Waals surface area (Å²) in [6.07, 6.45) is 2.03. The van der Waals surface area contributed by atoms with Crippen LogP contribution in [0.1, 0.15) is 45.6 Å². The predicted octanol–water partition coefficient (Wildman–Crippen LogP) is 4.27. The van der Waals surface area contributed by atoms with Crippen molar-refractivity contribution in [1.29, 1.82) is 0 Å². The van der Waals surface area contributed by atoms with Gasteiger partial charge >= 0.3 is 6.09 Å². The summed E-state index contributed by atoms with van der Waals surface area (Å²) in [6, 6.07) is 6.96. The Kier molecular flexibility index (Phi) is 8.67. The molecule has 0 aliphatic carbocycles. The summed E-state index contributed by atoms with van der Waals surface area (Å²) in [6.45, 7) is 7.93. The van der Waals surface area contributed by atoms with Crippen molar-refractivity contribution < 1.29 is 17.9 Å². The van der Waals surface area contributed by atoms with Crippen molar-refractivity contribution >= 4 is 38.5 Å². The minimum atomic E-state index is -3.25. The molecule has 0 saturated carbocycles. The van der Waals surface area contributed by atoms with E-state index in [0.717, 1.165) is 24.8 Å². The Morgan fingerprint density at radius 2 is 1.80 bits per heavy atom. The first-order chi connectivity index (χ1) is 11.5. The summed E-state index contributed by atoms with van der Waals surface area (Å²) in [7, 11) is -3.25. The number of sulfone groups is 1. The Morgan fingerprint density at radius 1 is 1.20 bits per heavy atom. The average Bonchev–Trinajstić information content (AvgIpc) is 2.44. The van der Waals surface area contributed by atoms with Gasteiger partial charge in [0.1, 0.15) is 5.60 Å². The van der Waals surface area contributed by atoms with Crippen LogP contribution in [0.5, 0.6) is 0 Å². The highest BCUT2D eigenvalue weighted by Gasteiger charge is 2.19. The van der Waals surface area contributed by atoms with Crippen molar-refractivity contribution in [3.63, 3.8) is 0 Å². The lowest BCUT2D eigenvalue weighted by Gasteiger charge is -2.19. The van der Waals surface area contributed by atoms with Crippen molar-refractivity contribution in [1.82, 2.24) is 5.32 Å². The molecule has 5 nitrogen and oxygen atoms in total. The Bertz CT molecular complexity index is 651. The van der Waals surface area contributed by atoms with Gasteiger partial charge in [-0.15, -0.1) is 0 Å². The normalized spacial score (nSPS) is 13.3. The van der Waals surface area contributed by atoms with Crippen LogP contribution in [0.3, 0.4) is 0 Å². The molecule has 1 aromatic carbocycles. The fourth-order valence-electron chi connectivity index (χ4n) is 2.16. The van der Waals surface area contributed by atoms with Crippen LogP contribution in [0.4, 0.5) is 4.79 Å². The molecule has 0 saturated heterocycles. The van der Waals surface area contributed by atoms with Gasteiger partial charge in [0.2, 0.25) is 0 Å². The molecular weight excluding hydrogens is 453 g/mol. The minimum Gasteiger partial charge on any atom is -0.444 e. The molecule has 1 aromatic rings. The lowest BCUT2D eigenvalue weighted by Crippen LogP contribution is -2.33. The van der Waals surface area contributed by atoms with E-state index < -0.39 is 21.5 Å². The highest BCUT2D eigenvalue weighted by Crippen LogP contribution is 2.19. The standard InChI is InChI=1S/C18H28INO4S/c1-14-8-10-16(11-9-14)25(22,23)13-15(19)7-5-6-12-20-17(21)24-18(2,3)4/h8-11,15H,5-7,12-13H2,1-4H3,(H,20,21). The number of hydrogen-bond donors (Lipinski definition) is 1. The van der Waals surface area contributed by atoms with Gasteiger partial charge in [-0.2, -0.15) is 0 Å². The lowest BCUT2D eigenvalue weighted by atomic mass is 10.2. The third kappa shape index (κ3) is 9.44. The highest BCUT2D eigenvalue weighted by atomic mass is 127. The number of unbranched alkanes of at least 4 members (excludes halogenated alkanes) is 1. The smallest absolute Gasteiger partial charge is 0.407 e. The van der Waals surface area contributed by atoms with Crippen molar-refractivity contribution in [2.45, 2.75) is 61.4 Å². The third-order valence-corrected chi connectivity index (χ3v) is 6.89. The fraction of sp³-hybridized carbons (Fsp3) is 0.611. The van der Waals surface area contributed by atoms with Crippen LogP contribution in [0.2, 0.25) is 0 Å². The van der Waals surface area contributed by atoms with Crippen LogP contribution < -0.4 is 5.32 Å². The van der Waals surface area contributed by atoms with E-state index in [1.54, 1.807) is 12.1 Å². The number of carbonyl (C=O) groups is 1. The third-order valence-electron chi connectivity index (χ3n) is 3.39. The van der Waals surface area contributed by atoms with Crippen LogP contribution in [0.25, 0.3) is 0 Å². The maximum atomic E-state index is 12.4. The molecule has 0 bridgehead atoms. The SMILES string of the molecule is Cc1ccc(S(=O)(=O)CC(I)CCCCNC(=O)OC(C)(C)C)cc1. The van der Waals surface area contributed by atoms with Crippen molar-refractivity contribution in [2.24, 2.45) is 0 Å². The summed E-state index contributed by atoms with van der Waals surface area (Å²) in [5.74, 6) is 0.135. The van der Waals surface area contributed by atoms with Gasteiger partial charge in [-0.1, -0.05) is 46.7 Å². The fourth-order valence-corrected chi connectivity index (χ4v) is 5.41. The first kappa shape index (κ1) is 22.2. The largest absolute Gasteiger partial charge is 0.444 e. The van der Waals surface area contributed by atoms with Crippen molar-refractivity contribution in [3.8, 4) is 0 Å². The maximum Gasteiger partial charge on any atom is 0.407 e. The van der Waals surface area contributed by atoms with E-state index in [4.69, 9.17) is 4.74 Å². The number of aryl methyl sites for hydroxylation is 1. The van der Waals surface area contributed by atoms with Gasteiger partial charge in [-0.3, -0.25) is 0 Å². The van der Waals surface area contributed by atoms with Gasteiger partial charge in [-0.05, 0) is 52.7 Å². The molecule has 0 spiro atoms.